The fraction of sp³-hybridized carbons (Fsp3) is 0.235. The zero-order valence-electron chi connectivity index (χ0n) is 12.0. The molecular formula is C17H17BrO3. The Kier molecular flexibility index (Phi) is 5.39. The summed E-state index contributed by atoms with van der Waals surface area (Å²) >= 11 is 3.31. The fourth-order valence-corrected chi connectivity index (χ4v) is 2.45. The van der Waals surface area contributed by atoms with Crippen molar-refractivity contribution in [2.24, 2.45) is 0 Å². The molecule has 0 fully saturated rings. The topological polar surface area (TPSA) is 35.5 Å². The smallest absolute Gasteiger partial charge is 0.133 e. The lowest BCUT2D eigenvalue weighted by Gasteiger charge is -2.09. The summed E-state index contributed by atoms with van der Waals surface area (Å²) < 4.78 is 10.6. The lowest BCUT2D eigenvalue weighted by Crippen LogP contribution is -2.03. The minimum atomic E-state index is -0.139. The molecule has 2 aromatic carbocycles. The van der Waals surface area contributed by atoms with Crippen LogP contribution in [0.25, 0.3) is 11.1 Å². The Hall–Kier alpha value is -1.81. The lowest BCUT2D eigenvalue weighted by molar-refractivity contribution is -0.107. The van der Waals surface area contributed by atoms with Gasteiger partial charge in [0.05, 0.1) is 19.0 Å². The highest BCUT2D eigenvalue weighted by Gasteiger charge is 2.06. The summed E-state index contributed by atoms with van der Waals surface area (Å²) in [5, 5.41) is 0. The average Bonchev–Trinajstić information content (AvgIpc) is 2.54. The van der Waals surface area contributed by atoms with Crippen molar-refractivity contribution in [3.63, 3.8) is 0 Å². The van der Waals surface area contributed by atoms with Crippen LogP contribution < -0.4 is 9.47 Å². The van der Waals surface area contributed by atoms with Gasteiger partial charge in [-0.15, -0.1) is 0 Å². The van der Waals surface area contributed by atoms with E-state index >= 15 is 0 Å². The van der Waals surface area contributed by atoms with Gasteiger partial charge in [-0.1, -0.05) is 40.2 Å². The van der Waals surface area contributed by atoms with Crippen LogP contribution in [-0.4, -0.2) is 25.3 Å². The Bertz CT molecular complexity index is 586. The highest BCUT2D eigenvalue weighted by atomic mass is 79.9. The summed E-state index contributed by atoms with van der Waals surface area (Å²) in [6, 6.07) is 13.9. The summed E-state index contributed by atoms with van der Waals surface area (Å²) in [6.07, 6.45) is 1.59. The van der Waals surface area contributed by atoms with Crippen molar-refractivity contribution >= 4 is 22.2 Å². The molecule has 0 amide bonds. The molecule has 21 heavy (non-hydrogen) atoms. The van der Waals surface area contributed by atoms with E-state index in [0.717, 1.165) is 34.5 Å². The third-order valence-electron chi connectivity index (χ3n) is 3.22. The molecule has 0 radical (unpaired) electrons. The van der Waals surface area contributed by atoms with Gasteiger partial charge in [-0.05, 0) is 35.2 Å². The van der Waals surface area contributed by atoms with Crippen LogP contribution in [0.4, 0.5) is 0 Å². The number of methoxy groups -OCH3 is 2. The van der Waals surface area contributed by atoms with Gasteiger partial charge in [-0.3, -0.25) is 0 Å². The Morgan fingerprint density at radius 1 is 1.00 bits per heavy atom. The van der Waals surface area contributed by atoms with Gasteiger partial charge in [0.1, 0.15) is 17.8 Å². The molecule has 0 saturated heterocycles. The van der Waals surface area contributed by atoms with Gasteiger partial charge in [0, 0.05) is 6.07 Å². The van der Waals surface area contributed by atoms with Crippen LogP contribution in [0.15, 0.2) is 42.5 Å². The van der Waals surface area contributed by atoms with E-state index in [-0.39, 0.29) is 4.83 Å². The monoisotopic (exact) mass is 348 g/mol. The molecule has 0 N–H and O–H groups in total. The number of aldehydes is 1. The second-order valence-electron chi connectivity index (χ2n) is 4.65. The van der Waals surface area contributed by atoms with Crippen molar-refractivity contribution in [2.45, 2.75) is 11.2 Å². The summed E-state index contributed by atoms with van der Waals surface area (Å²) in [7, 11) is 3.27. The summed E-state index contributed by atoms with van der Waals surface area (Å²) in [6.45, 7) is 0. The molecule has 0 aromatic heterocycles. The second-order valence-corrected chi connectivity index (χ2v) is 5.83. The number of hydrogen-bond donors (Lipinski definition) is 0. The maximum absolute atomic E-state index is 10.7. The number of carbonyl (C=O) groups is 1. The molecule has 110 valence electrons. The van der Waals surface area contributed by atoms with Crippen LogP contribution in [-0.2, 0) is 11.2 Å². The van der Waals surface area contributed by atoms with Crippen molar-refractivity contribution in [3.05, 3.63) is 48.0 Å². The van der Waals surface area contributed by atoms with Crippen LogP contribution in [0.1, 0.15) is 5.56 Å². The van der Waals surface area contributed by atoms with Crippen LogP contribution in [0, 0.1) is 0 Å². The van der Waals surface area contributed by atoms with E-state index in [0.29, 0.717) is 6.42 Å². The Morgan fingerprint density at radius 3 is 2.05 bits per heavy atom. The lowest BCUT2D eigenvalue weighted by atomic mass is 10.0. The van der Waals surface area contributed by atoms with E-state index in [1.165, 1.54) is 0 Å². The summed E-state index contributed by atoms with van der Waals surface area (Å²) in [5.41, 5.74) is 3.22. The summed E-state index contributed by atoms with van der Waals surface area (Å²) in [5.74, 6) is 1.52. The molecule has 0 spiro atoms. The zero-order valence-corrected chi connectivity index (χ0v) is 13.6. The van der Waals surface area contributed by atoms with Gasteiger partial charge in [-0.2, -0.15) is 0 Å². The van der Waals surface area contributed by atoms with Crippen molar-refractivity contribution in [2.75, 3.05) is 14.2 Å². The molecule has 2 aromatic rings. The number of rotatable bonds is 6. The molecule has 0 aliphatic heterocycles. The van der Waals surface area contributed by atoms with Gasteiger partial charge >= 0.3 is 0 Å². The molecule has 4 heteroatoms. The first kappa shape index (κ1) is 15.6. The van der Waals surface area contributed by atoms with E-state index in [1.807, 2.05) is 42.5 Å². The molecular weight excluding hydrogens is 332 g/mol. The first-order valence-electron chi connectivity index (χ1n) is 6.58. The van der Waals surface area contributed by atoms with Gasteiger partial charge < -0.3 is 14.3 Å². The summed E-state index contributed by atoms with van der Waals surface area (Å²) in [4.78, 5) is 10.5. The normalized spacial score (nSPS) is 11.8. The third-order valence-corrected chi connectivity index (χ3v) is 3.76. The van der Waals surface area contributed by atoms with Crippen molar-refractivity contribution < 1.29 is 14.3 Å². The van der Waals surface area contributed by atoms with E-state index in [9.17, 15) is 4.79 Å². The number of carbonyl (C=O) groups excluding carboxylic acids is 1. The largest absolute Gasteiger partial charge is 0.497 e. The second kappa shape index (κ2) is 7.27. The SMILES string of the molecule is COc1cc(OC)cc(-c2ccc(CC(Br)C=O)cc2)c1. The van der Waals surface area contributed by atoms with E-state index in [4.69, 9.17) is 9.47 Å². The highest BCUT2D eigenvalue weighted by Crippen LogP contribution is 2.30. The predicted octanol–water partition coefficient (Wildman–Crippen LogP) is 3.88. The molecule has 1 atom stereocenters. The number of ether oxygens (including phenoxy) is 2. The van der Waals surface area contributed by atoms with E-state index in [2.05, 4.69) is 15.9 Å². The fourth-order valence-electron chi connectivity index (χ4n) is 2.08. The molecule has 0 saturated carbocycles. The molecule has 1 unspecified atom stereocenters. The third kappa shape index (κ3) is 4.08. The first-order valence-corrected chi connectivity index (χ1v) is 7.49. The molecule has 0 bridgehead atoms. The number of alkyl halides is 1. The highest BCUT2D eigenvalue weighted by molar-refractivity contribution is 9.09. The van der Waals surface area contributed by atoms with Crippen LogP contribution in [0.5, 0.6) is 11.5 Å². The van der Waals surface area contributed by atoms with E-state index < -0.39 is 0 Å². The average molecular weight is 349 g/mol. The van der Waals surface area contributed by atoms with Crippen molar-refractivity contribution in [3.8, 4) is 22.6 Å². The Labute approximate surface area is 133 Å². The van der Waals surface area contributed by atoms with E-state index in [1.54, 1.807) is 14.2 Å². The Morgan fingerprint density at radius 2 is 1.57 bits per heavy atom. The molecule has 0 heterocycles. The molecule has 0 aliphatic carbocycles. The van der Waals surface area contributed by atoms with Crippen LogP contribution in [0.2, 0.25) is 0 Å². The minimum Gasteiger partial charge on any atom is -0.497 e. The number of benzene rings is 2. The quantitative estimate of drug-likeness (QED) is 0.587. The van der Waals surface area contributed by atoms with Crippen molar-refractivity contribution in [1.29, 1.82) is 0 Å². The molecule has 3 nitrogen and oxygen atoms in total. The maximum Gasteiger partial charge on any atom is 0.133 e. The standard InChI is InChI=1S/C17H17BrO3/c1-20-16-8-14(9-17(10-16)21-2)13-5-3-12(4-6-13)7-15(18)11-19/h3-6,8-11,15H,7H2,1-2H3. The first-order chi connectivity index (χ1) is 10.2. The zero-order chi connectivity index (χ0) is 15.2. The van der Waals surface area contributed by atoms with Crippen LogP contribution >= 0.6 is 15.9 Å². The van der Waals surface area contributed by atoms with Gasteiger partial charge in [0.25, 0.3) is 0 Å². The van der Waals surface area contributed by atoms with Crippen LogP contribution in [0.3, 0.4) is 0 Å². The molecule has 0 aliphatic rings. The number of hydrogen-bond acceptors (Lipinski definition) is 3. The molecule has 2 rings (SSSR count). The van der Waals surface area contributed by atoms with Gasteiger partial charge in [0.2, 0.25) is 0 Å². The Balaban J connectivity index is 2.27. The van der Waals surface area contributed by atoms with Crippen molar-refractivity contribution in [1.82, 2.24) is 0 Å². The van der Waals surface area contributed by atoms with Gasteiger partial charge in [0.15, 0.2) is 0 Å². The minimum absolute atomic E-state index is 0.139. The number of halogens is 1. The predicted molar refractivity (Wildman–Crippen MR) is 87.5 cm³/mol. The van der Waals surface area contributed by atoms with Gasteiger partial charge in [-0.25, -0.2) is 0 Å². The maximum atomic E-state index is 10.7.